The molecule has 3 N–H and O–H groups in total. The van der Waals surface area contributed by atoms with E-state index in [1.54, 1.807) is 6.20 Å². The summed E-state index contributed by atoms with van der Waals surface area (Å²) >= 11 is 0. The minimum absolute atomic E-state index is 0.0498. The summed E-state index contributed by atoms with van der Waals surface area (Å²) in [6, 6.07) is 8.17. The number of carbonyl (C=O) groups excluding carboxylic acids is 1. The van der Waals surface area contributed by atoms with Gasteiger partial charge in [-0.25, -0.2) is 4.98 Å². The van der Waals surface area contributed by atoms with Crippen molar-refractivity contribution in [2.45, 2.75) is 32.7 Å². The number of aromatic nitrogens is 2. The summed E-state index contributed by atoms with van der Waals surface area (Å²) in [5, 5.41) is 6.29. The van der Waals surface area contributed by atoms with E-state index in [0.29, 0.717) is 0 Å². The zero-order valence-corrected chi connectivity index (χ0v) is 12.5. The van der Waals surface area contributed by atoms with Crippen LogP contribution in [0.3, 0.4) is 0 Å². The van der Waals surface area contributed by atoms with Crippen molar-refractivity contribution in [1.29, 1.82) is 0 Å². The lowest BCUT2D eigenvalue weighted by atomic mass is 10.1. The van der Waals surface area contributed by atoms with Crippen molar-refractivity contribution >= 4 is 11.6 Å². The summed E-state index contributed by atoms with van der Waals surface area (Å²) in [4.78, 5) is 18.4. The molecule has 21 heavy (non-hydrogen) atoms. The lowest BCUT2D eigenvalue weighted by Crippen LogP contribution is -2.20. The number of benzene rings is 1. The predicted octanol–water partition coefficient (Wildman–Crippen LogP) is 2.65. The van der Waals surface area contributed by atoms with Gasteiger partial charge >= 0.3 is 0 Å². The van der Waals surface area contributed by atoms with Crippen LogP contribution in [0.4, 0.5) is 5.69 Å². The molecule has 0 aliphatic rings. The van der Waals surface area contributed by atoms with E-state index in [1.807, 2.05) is 24.4 Å². The Labute approximate surface area is 125 Å². The van der Waals surface area contributed by atoms with Gasteiger partial charge in [0.05, 0.1) is 0 Å². The van der Waals surface area contributed by atoms with Crippen molar-refractivity contribution in [2.24, 2.45) is 0 Å². The van der Waals surface area contributed by atoms with E-state index in [0.717, 1.165) is 30.9 Å². The highest BCUT2D eigenvalue weighted by Gasteiger charge is 2.06. The number of imidazole rings is 1. The lowest BCUT2D eigenvalue weighted by molar-refractivity contribution is -0.114. The Kier molecular flexibility index (Phi) is 5.51. The first-order valence-corrected chi connectivity index (χ1v) is 7.24. The largest absolute Gasteiger partial charge is 0.349 e. The standard InChI is InChI=1S/C16H22N4O/c1-12(17-8-4-7-16-18-9-10-19-16)14-5-3-6-15(11-14)20-13(2)21/h3,5-6,9-12,17H,4,7-8H2,1-2H3,(H,18,19)(H,20,21). The van der Waals surface area contributed by atoms with E-state index < -0.39 is 0 Å². The maximum Gasteiger partial charge on any atom is 0.221 e. The highest BCUT2D eigenvalue weighted by molar-refractivity contribution is 5.88. The summed E-state index contributed by atoms with van der Waals surface area (Å²) in [6.45, 7) is 4.56. The molecule has 0 radical (unpaired) electrons. The smallest absolute Gasteiger partial charge is 0.221 e. The van der Waals surface area contributed by atoms with E-state index >= 15 is 0 Å². The van der Waals surface area contributed by atoms with Crippen LogP contribution in [-0.4, -0.2) is 22.4 Å². The maximum atomic E-state index is 11.1. The number of nitrogens with zero attached hydrogens (tertiary/aromatic N) is 1. The number of aryl methyl sites for hydroxylation is 1. The van der Waals surface area contributed by atoms with Gasteiger partial charge in [-0.05, 0) is 37.6 Å². The van der Waals surface area contributed by atoms with Crippen molar-refractivity contribution in [2.75, 3.05) is 11.9 Å². The number of anilines is 1. The van der Waals surface area contributed by atoms with Gasteiger partial charge in [0.1, 0.15) is 5.82 Å². The molecule has 2 aromatic rings. The molecule has 0 spiro atoms. The van der Waals surface area contributed by atoms with Crippen LogP contribution in [0.5, 0.6) is 0 Å². The SMILES string of the molecule is CC(=O)Nc1cccc(C(C)NCCCc2ncc[nH]2)c1. The molecule has 1 amide bonds. The summed E-state index contributed by atoms with van der Waals surface area (Å²) in [6.07, 6.45) is 5.60. The molecule has 0 saturated carbocycles. The lowest BCUT2D eigenvalue weighted by Gasteiger charge is -2.15. The molecule has 5 heteroatoms. The molecular formula is C16H22N4O. The van der Waals surface area contributed by atoms with Crippen LogP contribution in [-0.2, 0) is 11.2 Å². The van der Waals surface area contributed by atoms with Crippen LogP contribution < -0.4 is 10.6 Å². The van der Waals surface area contributed by atoms with Gasteiger partial charge in [-0.1, -0.05) is 12.1 Å². The molecule has 1 heterocycles. The van der Waals surface area contributed by atoms with Gasteiger partial charge in [-0.2, -0.15) is 0 Å². The summed E-state index contributed by atoms with van der Waals surface area (Å²) in [7, 11) is 0. The van der Waals surface area contributed by atoms with Gasteiger partial charge in [-0.15, -0.1) is 0 Å². The van der Waals surface area contributed by atoms with Crippen LogP contribution >= 0.6 is 0 Å². The highest BCUT2D eigenvalue weighted by atomic mass is 16.1. The number of rotatable bonds is 7. The van der Waals surface area contributed by atoms with Crippen molar-refractivity contribution in [1.82, 2.24) is 15.3 Å². The van der Waals surface area contributed by atoms with Crippen molar-refractivity contribution in [3.8, 4) is 0 Å². The fourth-order valence-corrected chi connectivity index (χ4v) is 2.22. The number of hydrogen-bond acceptors (Lipinski definition) is 3. The maximum absolute atomic E-state index is 11.1. The van der Waals surface area contributed by atoms with Crippen molar-refractivity contribution in [3.63, 3.8) is 0 Å². The van der Waals surface area contributed by atoms with Gasteiger partial charge < -0.3 is 15.6 Å². The van der Waals surface area contributed by atoms with Gasteiger partial charge in [0, 0.05) is 37.5 Å². The molecule has 1 atom stereocenters. The fraction of sp³-hybridized carbons (Fsp3) is 0.375. The Bertz CT molecular complexity index is 565. The first-order valence-electron chi connectivity index (χ1n) is 7.24. The Balaban J connectivity index is 1.79. The van der Waals surface area contributed by atoms with Gasteiger partial charge in [0.25, 0.3) is 0 Å². The average Bonchev–Trinajstić information content (AvgIpc) is 2.96. The molecule has 5 nitrogen and oxygen atoms in total. The average molecular weight is 286 g/mol. The molecule has 0 aliphatic heterocycles. The summed E-state index contributed by atoms with van der Waals surface area (Å²) < 4.78 is 0. The molecule has 2 rings (SSSR count). The Hall–Kier alpha value is -2.14. The Morgan fingerprint density at radius 1 is 1.43 bits per heavy atom. The molecule has 1 unspecified atom stereocenters. The van der Waals surface area contributed by atoms with E-state index in [4.69, 9.17) is 0 Å². The monoisotopic (exact) mass is 286 g/mol. The number of aromatic amines is 1. The third kappa shape index (κ3) is 5.04. The second kappa shape index (κ2) is 7.59. The summed E-state index contributed by atoms with van der Waals surface area (Å²) in [5.41, 5.74) is 2.00. The van der Waals surface area contributed by atoms with E-state index in [2.05, 4.69) is 33.6 Å². The summed E-state index contributed by atoms with van der Waals surface area (Å²) in [5.74, 6) is 0.975. The number of hydrogen-bond donors (Lipinski definition) is 3. The molecule has 1 aromatic heterocycles. The third-order valence-electron chi connectivity index (χ3n) is 3.30. The topological polar surface area (TPSA) is 69.8 Å². The molecule has 0 fully saturated rings. The van der Waals surface area contributed by atoms with Gasteiger partial charge in [0.15, 0.2) is 0 Å². The quantitative estimate of drug-likeness (QED) is 0.685. The second-order valence-corrected chi connectivity index (χ2v) is 5.12. The first kappa shape index (κ1) is 15.3. The number of nitrogens with one attached hydrogen (secondary N) is 3. The third-order valence-corrected chi connectivity index (χ3v) is 3.30. The highest BCUT2D eigenvalue weighted by Crippen LogP contribution is 2.17. The zero-order chi connectivity index (χ0) is 15.1. The van der Waals surface area contributed by atoms with Gasteiger partial charge in [0.2, 0.25) is 5.91 Å². The zero-order valence-electron chi connectivity index (χ0n) is 12.5. The second-order valence-electron chi connectivity index (χ2n) is 5.12. The van der Waals surface area contributed by atoms with Crippen molar-refractivity contribution in [3.05, 3.63) is 48.0 Å². The van der Waals surface area contributed by atoms with E-state index in [-0.39, 0.29) is 11.9 Å². The van der Waals surface area contributed by atoms with Crippen molar-refractivity contribution < 1.29 is 4.79 Å². The molecular weight excluding hydrogens is 264 g/mol. The fourth-order valence-electron chi connectivity index (χ4n) is 2.22. The molecule has 0 aliphatic carbocycles. The van der Waals surface area contributed by atoms with E-state index in [9.17, 15) is 4.79 Å². The molecule has 1 aromatic carbocycles. The van der Waals surface area contributed by atoms with Crippen LogP contribution in [0.15, 0.2) is 36.7 Å². The van der Waals surface area contributed by atoms with Gasteiger partial charge in [-0.3, -0.25) is 4.79 Å². The number of carbonyl (C=O) groups is 1. The van der Waals surface area contributed by atoms with E-state index in [1.165, 1.54) is 12.5 Å². The van der Waals surface area contributed by atoms with Crippen LogP contribution in [0.2, 0.25) is 0 Å². The predicted molar refractivity (Wildman–Crippen MR) is 84.1 cm³/mol. The normalized spacial score (nSPS) is 12.1. The molecule has 0 bridgehead atoms. The Morgan fingerprint density at radius 3 is 3.00 bits per heavy atom. The first-order chi connectivity index (χ1) is 10.1. The van der Waals surface area contributed by atoms with Crippen LogP contribution in [0.1, 0.15) is 37.7 Å². The number of H-pyrrole nitrogens is 1. The minimum Gasteiger partial charge on any atom is -0.349 e. The molecule has 112 valence electrons. The molecule has 0 saturated heterocycles. The van der Waals surface area contributed by atoms with Crippen LogP contribution in [0, 0.1) is 0 Å². The van der Waals surface area contributed by atoms with Crippen LogP contribution in [0.25, 0.3) is 0 Å². The Morgan fingerprint density at radius 2 is 2.29 bits per heavy atom. The minimum atomic E-state index is -0.0498. The number of amides is 1.